The van der Waals surface area contributed by atoms with E-state index in [1.165, 1.54) is 0 Å². The number of urea groups is 1. The maximum absolute atomic E-state index is 12.8. The Morgan fingerprint density at radius 3 is 2.38 bits per heavy atom. The molecule has 29 heavy (non-hydrogen) atoms. The van der Waals surface area contributed by atoms with Crippen LogP contribution in [0, 0.1) is 0 Å². The molecule has 0 saturated heterocycles. The van der Waals surface area contributed by atoms with Crippen LogP contribution < -0.4 is 20.3 Å². The summed E-state index contributed by atoms with van der Waals surface area (Å²) in [5, 5.41) is 5.59. The lowest BCUT2D eigenvalue weighted by Gasteiger charge is -2.18. The predicted molar refractivity (Wildman–Crippen MR) is 115 cm³/mol. The first kappa shape index (κ1) is 18.9. The molecule has 7 heteroatoms. The number of hydrogen-bond acceptors (Lipinski definition) is 4. The molecule has 0 fully saturated rings. The molecule has 6 nitrogen and oxygen atoms in total. The monoisotopic (exact) mass is 405 g/mol. The Morgan fingerprint density at radius 2 is 1.62 bits per heavy atom. The van der Waals surface area contributed by atoms with Gasteiger partial charge < -0.3 is 20.3 Å². The lowest BCUT2D eigenvalue weighted by Crippen LogP contribution is -2.26. The fourth-order valence-electron chi connectivity index (χ4n) is 3.05. The Labute approximate surface area is 172 Å². The number of anilines is 3. The standard InChI is InChI=1S/C22H19N3O3S/c1-25-18-13-15(24-22(27)23-14-7-10-16(28-2)11-8-14)9-12-20(18)29-19-6-4-3-5-17(19)21(25)26/h3-13H,1-2H3,(H2,23,24,27). The number of benzene rings is 3. The molecule has 2 N–H and O–H groups in total. The van der Waals surface area contributed by atoms with Gasteiger partial charge in [0.1, 0.15) is 5.75 Å². The van der Waals surface area contributed by atoms with E-state index in [0.717, 1.165) is 15.5 Å². The van der Waals surface area contributed by atoms with Crippen molar-refractivity contribution in [3.63, 3.8) is 0 Å². The smallest absolute Gasteiger partial charge is 0.323 e. The van der Waals surface area contributed by atoms with Gasteiger partial charge in [-0.15, -0.1) is 0 Å². The van der Waals surface area contributed by atoms with Gasteiger partial charge in [-0.2, -0.15) is 0 Å². The molecule has 0 unspecified atom stereocenters. The molecular formula is C22H19N3O3S. The van der Waals surface area contributed by atoms with Gasteiger partial charge in [0, 0.05) is 28.2 Å². The highest BCUT2D eigenvalue weighted by Gasteiger charge is 2.24. The maximum Gasteiger partial charge on any atom is 0.323 e. The van der Waals surface area contributed by atoms with Gasteiger partial charge in [0.2, 0.25) is 0 Å². The summed E-state index contributed by atoms with van der Waals surface area (Å²) < 4.78 is 5.11. The van der Waals surface area contributed by atoms with Crippen molar-refractivity contribution < 1.29 is 14.3 Å². The lowest BCUT2D eigenvalue weighted by atomic mass is 10.2. The largest absolute Gasteiger partial charge is 0.497 e. The van der Waals surface area contributed by atoms with E-state index in [1.807, 2.05) is 36.4 Å². The minimum Gasteiger partial charge on any atom is -0.497 e. The minimum absolute atomic E-state index is 0.0771. The second kappa shape index (κ2) is 7.89. The third kappa shape index (κ3) is 3.90. The van der Waals surface area contributed by atoms with Crippen LogP contribution in [0.2, 0.25) is 0 Å². The fourth-order valence-corrected chi connectivity index (χ4v) is 4.14. The van der Waals surface area contributed by atoms with E-state index in [1.54, 1.807) is 61.2 Å². The summed E-state index contributed by atoms with van der Waals surface area (Å²) in [6.07, 6.45) is 0. The molecule has 3 aromatic rings. The molecule has 0 spiro atoms. The normalized spacial score (nSPS) is 12.5. The zero-order valence-electron chi connectivity index (χ0n) is 15.9. The molecule has 1 aliphatic heterocycles. The van der Waals surface area contributed by atoms with E-state index in [-0.39, 0.29) is 11.9 Å². The molecule has 0 atom stereocenters. The summed E-state index contributed by atoms with van der Waals surface area (Å²) in [6, 6.07) is 19.8. The molecule has 0 aliphatic carbocycles. The zero-order chi connectivity index (χ0) is 20.4. The Morgan fingerprint density at radius 1 is 0.931 bits per heavy atom. The van der Waals surface area contributed by atoms with Crippen LogP contribution in [0.3, 0.4) is 0 Å². The summed E-state index contributed by atoms with van der Waals surface area (Å²) in [6.45, 7) is 0. The van der Waals surface area contributed by atoms with Crippen molar-refractivity contribution in [2.24, 2.45) is 0 Å². The summed E-state index contributed by atoms with van der Waals surface area (Å²) in [5.74, 6) is 0.639. The van der Waals surface area contributed by atoms with Crippen molar-refractivity contribution >= 4 is 40.8 Å². The van der Waals surface area contributed by atoms with Gasteiger partial charge in [-0.1, -0.05) is 23.9 Å². The van der Waals surface area contributed by atoms with E-state index in [0.29, 0.717) is 22.7 Å². The molecule has 0 bridgehead atoms. The van der Waals surface area contributed by atoms with Crippen LogP contribution >= 0.6 is 11.8 Å². The summed E-state index contributed by atoms with van der Waals surface area (Å²) in [5.41, 5.74) is 2.67. The zero-order valence-corrected chi connectivity index (χ0v) is 16.7. The Kier molecular flexibility index (Phi) is 5.14. The average molecular weight is 405 g/mol. The quantitative estimate of drug-likeness (QED) is 0.637. The number of carbonyl (C=O) groups excluding carboxylic acids is 2. The first-order valence-corrected chi connectivity index (χ1v) is 9.78. The summed E-state index contributed by atoms with van der Waals surface area (Å²) >= 11 is 1.54. The van der Waals surface area contributed by atoms with Crippen LogP contribution in [0.1, 0.15) is 10.4 Å². The molecule has 3 aromatic carbocycles. The minimum atomic E-state index is -0.367. The number of fused-ring (bicyclic) bond motifs is 2. The second-order valence-electron chi connectivity index (χ2n) is 6.45. The highest BCUT2D eigenvalue weighted by Crippen LogP contribution is 2.41. The Bertz CT molecular complexity index is 1080. The number of methoxy groups -OCH3 is 1. The van der Waals surface area contributed by atoms with E-state index in [2.05, 4.69) is 10.6 Å². The van der Waals surface area contributed by atoms with Crippen molar-refractivity contribution in [2.45, 2.75) is 9.79 Å². The molecule has 0 saturated carbocycles. The molecule has 146 valence electrons. The van der Waals surface area contributed by atoms with Crippen LogP contribution in [-0.4, -0.2) is 26.1 Å². The molecule has 4 rings (SSSR count). The van der Waals surface area contributed by atoms with Crippen LogP contribution in [-0.2, 0) is 0 Å². The van der Waals surface area contributed by atoms with E-state index < -0.39 is 0 Å². The van der Waals surface area contributed by atoms with Gasteiger partial charge in [0.25, 0.3) is 5.91 Å². The molecular weight excluding hydrogens is 386 g/mol. The highest BCUT2D eigenvalue weighted by molar-refractivity contribution is 7.99. The number of amides is 3. The third-order valence-electron chi connectivity index (χ3n) is 4.57. The molecule has 1 heterocycles. The predicted octanol–water partition coefficient (Wildman–Crippen LogP) is 5.08. The number of nitrogens with zero attached hydrogens (tertiary/aromatic N) is 1. The van der Waals surface area contributed by atoms with Gasteiger partial charge in [-0.05, 0) is 54.6 Å². The van der Waals surface area contributed by atoms with E-state index in [4.69, 9.17) is 4.74 Å². The molecule has 1 aliphatic rings. The van der Waals surface area contributed by atoms with Crippen LogP contribution in [0.15, 0.2) is 76.5 Å². The summed E-state index contributed by atoms with van der Waals surface area (Å²) in [4.78, 5) is 28.7. The number of carbonyl (C=O) groups is 2. The lowest BCUT2D eigenvalue weighted by molar-refractivity contribution is 0.0990. The Balaban J connectivity index is 1.53. The SMILES string of the molecule is COc1ccc(NC(=O)Nc2ccc3c(c2)N(C)C(=O)c2ccccc2S3)cc1. The second-order valence-corrected chi connectivity index (χ2v) is 7.54. The van der Waals surface area contributed by atoms with Crippen molar-refractivity contribution in [3.05, 3.63) is 72.3 Å². The number of ether oxygens (including phenoxy) is 1. The first-order valence-electron chi connectivity index (χ1n) is 8.96. The van der Waals surface area contributed by atoms with Crippen molar-refractivity contribution in [3.8, 4) is 5.75 Å². The number of nitrogens with one attached hydrogen (secondary N) is 2. The van der Waals surface area contributed by atoms with Gasteiger partial charge in [-0.3, -0.25) is 4.79 Å². The van der Waals surface area contributed by atoms with E-state index in [9.17, 15) is 9.59 Å². The Hall–Kier alpha value is -3.45. The number of rotatable bonds is 3. The van der Waals surface area contributed by atoms with Crippen LogP contribution in [0.4, 0.5) is 21.9 Å². The van der Waals surface area contributed by atoms with Gasteiger partial charge in [0.15, 0.2) is 0 Å². The van der Waals surface area contributed by atoms with E-state index >= 15 is 0 Å². The molecule has 3 amide bonds. The maximum atomic E-state index is 12.8. The number of hydrogen-bond donors (Lipinski definition) is 2. The average Bonchev–Trinajstić information content (AvgIpc) is 2.84. The highest BCUT2D eigenvalue weighted by atomic mass is 32.2. The van der Waals surface area contributed by atoms with Crippen molar-refractivity contribution in [2.75, 3.05) is 29.7 Å². The van der Waals surface area contributed by atoms with Gasteiger partial charge in [-0.25, -0.2) is 4.79 Å². The van der Waals surface area contributed by atoms with Crippen LogP contribution in [0.5, 0.6) is 5.75 Å². The fraction of sp³-hybridized carbons (Fsp3) is 0.0909. The van der Waals surface area contributed by atoms with Crippen molar-refractivity contribution in [1.82, 2.24) is 0 Å². The first-order chi connectivity index (χ1) is 14.0. The molecule has 0 radical (unpaired) electrons. The van der Waals surface area contributed by atoms with Gasteiger partial charge >= 0.3 is 6.03 Å². The topological polar surface area (TPSA) is 70.7 Å². The van der Waals surface area contributed by atoms with Crippen LogP contribution in [0.25, 0.3) is 0 Å². The molecule has 0 aromatic heterocycles. The van der Waals surface area contributed by atoms with Gasteiger partial charge in [0.05, 0.1) is 18.4 Å². The van der Waals surface area contributed by atoms with Crippen molar-refractivity contribution in [1.29, 1.82) is 0 Å². The summed E-state index contributed by atoms with van der Waals surface area (Å²) in [7, 11) is 3.33. The third-order valence-corrected chi connectivity index (χ3v) is 5.71.